The Morgan fingerprint density at radius 3 is 1.38 bits per heavy atom. The Kier molecular flexibility index (Phi) is 5.98. The van der Waals surface area contributed by atoms with Gasteiger partial charge in [-0.1, -0.05) is 0 Å². The van der Waals surface area contributed by atoms with Gasteiger partial charge < -0.3 is 0 Å². The van der Waals surface area contributed by atoms with Crippen molar-refractivity contribution in [3.05, 3.63) is 0 Å². The lowest BCUT2D eigenvalue weighted by Crippen LogP contribution is -2.56. The maximum atomic E-state index is 2.52. The van der Waals surface area contributed by atoms with Gasteiger partial charge in [-0.2, -0.15) is 0 Å². The maximum Gasteiger partial charge on any atom is 0.0155 e. The summed E-state index contributed by atoms with van der Waals surface area (Å²) in [6.45, 7) is 9.36. The molecule has 0 saturated carbocycles. The molecule has 0 aromatic carbocycles. The van der Waals surface area contributed by atoms with Gasteiger partial charge in [-0.05, 0) is 54.0 Å². The molecule has 0 radical (unpaired) electrons. The Hall–Kier alpha value is 0.540. The van der Waals surface area contributed by atoms with E-state index in [0.717, 1.165) is 0 Å². The van der Waals surface area contributed by atoms with Gasteiger partial charge in [0.15, 0.2) is 0 Å². The van der Waals surface area contributed by atoms with E-state index in [-0.39, 0.29) is 24.8 Å². The molecule has 0 aromatic rings. The molecule has 1 rings (SSSR count). The van der Waals surface area contributed by atoms with Crippen molar-refractivity contribution in [1.82, 2.24) is 4.90 Å². The molecule has 3 heteroatoms. The van der Waals surface area contributed by atoms with Crippen LogP contribution < -0.4 is 0 Å². The van der Waals surface area contributed by atoms with E-state index in [0.29, 0.717) is 11.1 Å². The molecule has 0 amide bonds. The summed E-state index contributed by atoms with van der Waals surface area (Å²) < 4.78 is 0. The molecule has 1 heterocycles. The van der Waals surface area contributed by atoms with Crippen LogP contribution >= 0.6 is 24.8 Å². The smallest absolute Gasteiger partial charge is 0.0155 e. The van der Waals surface area contributed by atoms with Crippen LogP contribution in [0.15, 0.2) is 0 Å². The molecule has 0 aliphatic carbocycles. The van der Waals surface area contributed by atoms with E-state index in [1.54, 1.807) is 0 Å². The first-order valence-electron chi connectivity index (χ1n) is 4.60. The highest BCUT2D eigenvalue weighted by atomic mass is 35.5. The summed E-state index contributed by atoms with van der Waals surface area (Å²) in [6.07, 6.45) is 4.06. The van der Waals surface area contributed by atoms with Crippen LogP contribution in [0, 0.1) is 0 Å². The molecule has 1 fully saturated rings. The Morgan fingerprint density at radius 1 is 0.846 bits per heavy atom. The van der Waals surface area contributed by atoms with Crippen LogP contribution in [0.25, 0.3) is 0 Å². The number of hydrogen-bond acceptors (Lipinski definition) is 1. The first-order chi connectivity index (χ1) is 4.86. The number of rotatable bonds is 0. The number of likely N-dealkylation sites (tertiary alicyclic amines) is 1. The third-order valence-corrected chi connectivity index (χ3v) is 3.39. The molecule has 0 bridgehead atoms. The average molecular weight is 228 g/mol. The van der Waals surface area contributed by atoms with Crippen molar-refractivity contribution < 1.29 is 0 Å². The predicted molar refractivity (Wildman–Crippen MR) is 64.3 cm³/mol. The van der Waals surface area contributed by atoms with Gasteiger partial charge in [-0.25, -0.2) is 0 Å². The van der Waals surface area contributed by atoms with Gasteiger partial charge in [-0.15, -0.1) is 24.8 Å². The third kappa shape index (κ3) is 3.30. The molecule has 1 aliphatic heterocycles. The Bertz CT molecular complexity index is 139. The van der Waals surface area contributed by atoms with E-state index in [4.69, 9.17) is 0 Å². The molecule has 13 heavy (non-hydrogen) atoms. The topological polar surface area (TPSA) is 3.24 Å². The molecule has 0 unspecified atom stereocenters. The van der Waals surface area contributed by atoms with Gasteiger partial charge in [0.1, 0.15) is 0 Å². The summed E-state index contributed by atoms with van der Waals surface area (Å²) in [5, 5.41) is 0. The highest BCUT2D eigenvalue weighted by molar-refractivity contribution is 5.85. The van der Waals surface area contributed by atoms with Crippen LogP contribution in [0.4, 0.5) is 0 Å². The zero-order chi connectivity index (χ0) is 8.70. The largest absolute Gasteiger partial charge is 0.296 e. The number of piperidine rings is 1. The zero-order valence-electron chi connectivity index (χ0n) is 9.39. The van der Waals surface area contributed by atoms with Crippen LogP contribution in [0.1, 0.15) is 47.0 Å². The monoisotopic (exact) mass is 227 g/mol. The lowest BCUT2D eigenvalue weighted by atomic mass is 9.80. The first kappa shape index (κ1) is 16.0. The fourth-order valence-electron chi connectivity index (χ4n) is 2.11. The first-order valence-corrected chi connectivity index (χ1v) is 4.60. The minimum Gasteiger partial charge on any atom is -0.296 e. The van der Waals surface area contributed by atoms with Gasteiger partial charge >= 0.3 is 0 Å². The fraction of sp³-hybridized carbons (Fsp3) is 1.00. The van der Waals surface area contributed by atoms with Gasteiger partial charge in [0.05, 0.1) is 0 Å². The van der Waals surface area contributed by atoms with Crippen molar-refractivity contribution in [2.45, 2.75) is 58.0 Å². The molecule has 0 spiro atoms. The minimum atomic E-state index is 0. The quantitative estimate of drug-likeness (QED) is 0.613. The number of hydrogen-bond donors (Lipinski definition) is 0. The molecular formula is C10H23Cl2N. The molecular weight excluding hydrogens is 205 g/mol. The molecule has 82 valence electrons. The second kappa shape index (κ2) is 4.86. The van der Waals surface area contributed by atoms with Crippen molar-refractivity contribution in [3.8, 4) is 0 Å². The SMILES string of the molecule is CN1C(C)(C)CCCC1(C)C.Cl.Cl. The summed E-state index contributed by atoms with van der Waals surface area (Å²) >= 11 is 0. The van der Waals surface area contributed by atoms with Gasteiger partial charge in [-0.3, -0.25) is 4.90 Å². The van der Waals surface area contributed by atoms with Gasteiger partial charge in [0.2, 0.25) is 0 Å². The van der Waals surface area contributed by atoms with Crippen LogP contribution in [-0.2, 0) is 0 Å². The second-order valence-electron chi connectivity index (χ2n) is 5.04. The fourth-order valence-corrected chi connectivity index (χ4v) is 2.11. The van der Waals surface area contributed by atoms with Crippen molar-refractivity contribution in [1.29, 1.82) is 0 Å². The minimum absolute atomic E-state index is 0. The molecule has 1 saturated heterocycles. The summed E-state index contributed by atoms with van der Waals surface area (Å²) in [4.78, 5) is 2.52. The number of halogens is 2. The maximum absolute atomic E-state index is 2.52. The van der Waals surface area contributed by atoms with Gasteiger partial charge in [0, 0.05) is 11.1 Å². The van der Waals surface area contributed by atoms with E-state index in [1.165, 1.54) is 19.3 Å². The van der Waals surface area contributed by atoms with Crippen molar-refractivity contribution in [3.63, 3.8) is 0 Å². The van der Waals surface area contributed by atoms with E-state index in [2.05, 4.69) is 39.6 Å². The Balaban J connectivity index is 0. The standard InChI is InChI=1S/C10H21N.2ClH/c1-9(2)7-6-8-10(3,4)11(9)5;;/h6-8H2,1-5H3;2*1H. The van der Waals surface area contributed by atoms with Crippen molar-refractivity contribution in [2.75, 3.05) is 7.05 Å². The number of nitrogens with zero attached hydrogens (tertiary/aromatic N) is 1. The average Bonchev–Trinajstić information content (AvgIpc) is 1.82. The van der Waals surface area contributed by atoms with E-state index >= 15 is 0 Å². The van der Waals surface area contributed by atoms with E-state index in [1.807, 2.05) is 0 Å². The molecule has 0 aromatic heterocycles. The summed E-state index contributed by atoms with van der Waals surface area (Å²) in [6, 6.07) is 0. The van der Waals surface area contributed by atoms with Crippen LogP contribution in [-0.4, -0.2) is 23.0 Å². The highest BCUT2D eigenvalue weighted by Gasteiger charge is 2.37. The van der Waals surface area contributed by atoms with E-state index in [9.17, 15) is 0 Å². The van der Waals surface area contributed by atoms with Crippen LogP contribution in [0.2, 0.25) is 0 Å². The lowest BCUT2D eigenvalue weighted by Gasteiger charge is -2.50. The van der Waals surface area contributed by atoms with E-state index < -0.39 is 0 Å². The Morgan fingerprint density at radius 2 is 1.15 bits per heavy atom. The highest BCUT2D eigenvalue weighted by Crippen LogP contribution is 2.36. The molecule has 0 atom stereocenters. The second-order valence-corrected chi connectivity index (χ2v) is 5.04. The zero-order valence-corrected chi connectivity index (χ0v) is 11.0. The third-order valence-electron chi connectivity index (χ3n) is 3.39. The van der Waals surface area contributed by atoms with Crippen LogP contribution in [0.5, 0.6) is 0 Å². The summed E-state index contributed by atoms with van der Waals surface area (Å²) in [5.74, 6) is 0. The van der Waals surface area contributed by atoms with Crippen LogP contribution in [0.3, 0.4) is 0 Å². The molecule has 0 N–H and O–H groups in total. The van der Waals surface area contributed by atoms with Crippen molar-refractivity contribution in [2.24, 2.45) is 0 Å². The normalized spacial score (nSPS) is 25.6. The van der Waals surface area contributed by atoms with Crippen molar-refractivity contribution >= 4 is 24.8 Å². The van der Waals surface area contributed by atoms with Gasteiger partial charge in [0.25, 0.3) is 0 Å². The lowest BCUT2D eigenvalue weighted by molar-refractivity contribution is -0.00199. The Labute approximate surface area is 95.1 Å². The summed E-state index contributed by atoms with van der Waals surface area (Å²) in [5.41, 5.74) is 0.809. The molecule has 1 nitrogen and oxygen atoms in total. The predicted octanol–water partition coefficient (Wildman–Crippen LogP) is 3.50. The molecule has 1 aliphatic rings. The summed E-state index contributed by atoms with van der Waals surface area (Å²) in [7, 11) is 2.25.